The molecular formula is C27H27N5O3. The van der Waals surface area contributed by atoms with E-state index in [-0.39, 0.29) is 11.4 Å². The highest BCUT2D eigenvalue weighted by atomic mass is 16.5. The van der Waals surface area contributed by atoms with Gasteiger partial charge in [0.15, 0.2) is 11.3 Å². The van der Waals surface area contributed by atoms with Crippen LogP contribution in [0.1, 0.15) is 62.3 Å². The molecule has 0 aliphatic heterocycles. The van der Waals surface area contributed by atoms with Crippen molar-refractivity contribution in [2.24, 2.45) is 4.99 Å². The summed E-state index contributed by atoms with van der Waals surface area (Å²) < 4.78 is 6.40. The fourth-order valence-corrected chi connectivity index (χ4v) is 3.83. The van der Waals surface area contributed by atoms with Gasteiger partial charge < -0.3 is 9.84 Å². The minimum absolute atomic E-state index is 0.101. The van der Waals surface area contributed by atoms with Crippen LogP contribution in [0.5, 0.6) is 0 Å². The van der Waals surface area contributed by atoms with E-state index < -0.39 is 11.6 Å². The van der Waals surface area contributed by atoms with Crippen LogP contribution in [0.15, 0.2) is 52.8 Å². The third-order valence-corrected chi connectivity index (χ3v) is 5.48. The number of hydrogen-bond acceptors (Lipinski definition) is 7. The molecule has 1 aliphatic carbocycles. The fourth-order valence-electron chi connectivity index (χ4n) is 3.83. The second kappa shape index (κ2) is 10.8. The van der Waals surface area contributed by atoms with Gasteiger partial charge in [0.2, 0.25) is 0 Å². The number of methoxy groups -OCH3 is 1. The number of esters is 1. The normalized spacial score (nSPS) is 16.9. The summed E-state index contributed by atoms with van der Waals surface area (Å²) in [6, 6.07) is 10.8. The molecule has 35 heavy (non-hydrogen) atoms. The Morgan fingerprint density at radius 3 is 2.80 bits per heavy atom. The van der Waals surface area contributed by atoms with Gasteiger partial charge in [-0.15, -0.1) is 0 Å². The predicted molar refractivity (Wildman–Crippen MR) is 134 cm³/mol. The van der Waals surface area contributed by atoms with Crippen LogP contribution in [0.4, 0.5) is 0 Å². The number of aromatic nitrogens is 3. The zero-order valence-electron chi connectivity index (χ0n) is 20.5. The molecule has 0 spiro atoms. The molecule has 0 bridgehead atoms. The second-order valence-electron chi connectivity index (χ2n) is 7.63. The van der Waals surface area contributed by atoms with Gasteiger partial charge in [0, 0.05) is 24.0 Å². The molecule has 0 radical (unpaired) electrons. The molecule has 3 aromatic rings. The molecule has 0 saturated heterocycles. The van der Waals surface area contributed by atoms with Crippen LogP contribution >= 0.6 is 0 Å². The monoisotopic (exact) mass is 469 g/mol. The highest BCUT2D eigenvalue weighted by molar-refractivity contribution is 6.02. The summed E-state index contributed by atoms with van der Waals surface area (Å²) in [7, 11) is 1.28. The molecule has 0 fully saturated rings. The van der Waals surface area contributed by atoms with Gasteiger partial charge in [0.25, 0.3) is 0 Å². The van der Waals surface area contributed by atoms with Crippen molar-refractivity contribution in [3.8, 4) is 23.6 Å². The number of aliphatic imine (C=N–C) groups is 1. The molecule has 0 saturated carbocycles. The van der Waals surface area contributed by atoms with Gasteiger partial charge in [-0.2, -0.15) is 10.4 Å². The van der Waals surface area contributed by atoms with Gasteiger partial charge in [0.1, 0.15) is 11.8 Å². The Balaban J connectivity index is 0.00000167. The van der Waals surface area contributed by atoms with Crippen molar-refractivity contribution in [3.05, 3.63) is 64.8 Å². The third-order valence-electron chi connectivity index (χ3n) is 5.48. The first-order valence-corrected chi connectivity index (χ1v) is 11.3. The van der Waals surface area contributed by atoms with Gasteiger partial charge in [-0.3, -0.25) is 4.99 Å². The SMILES string of the molecule is CC.CC=NC1=C(C)CCC1(O)C#Cc1cccc(-n2nc(C(=O)OC)c3cnc(C#N)cc32)c1. The summed E-state index contributed by atoms with van der Waals surface area (Å²) in [5.74, 6) is 5.43. The summed E-state index contributed by atoms with van der Waals surface area (Å²) >= 11 is 0. The molecular weight excluding hydrogens is 442 g/mol. The van der Waals surface area contributed by atoms with E-state index in [2.05, 4.69) is 26.9 Å². The van der Waals surface area contributed by atoms with Crippen molar-refractivity contribution in [2.45, 2.75) is 46.1 Å². The Hall–Kier alpha value is -4.27. The van der Waals surface area contributed by atoms with Crippen molar-refractivity contribution in [1.82, 2.24) is 14.8 Å². The van der Waals surface area contributed by atoms with E-state index >= 15 is 0 Å². The lowest BCUT2D eigenvalue weighted by molar-refractivity contribution is 0.0595. The Bertz CT molecular complexity index is 1430. The Kier molecular flexibility index (Phi) is 7.80. The number of allylic oxidation sites excluding steroid dienone is 1. The molecule has 2 heterocycles. The van der Waals surface area contributed by atoms with E-state index in [1.807, 2.05) is 45.0 Å². The number of aliphatic hydroxyl groups is 1. The van der Waals surface area contributed by atoms with E-state index in [0.29, 0.717) is 34.3 Å². The average molecular weight is 470 g/mol. The first kappa shape index (κ1) is 25.4. The molecule has 1 atom stereocenters. The molecule has 1 aromatic carbocycles. The first-order valence-electron chi connectivity index (χ1n) is 11.3. The lowest BCUT2D eigenvalue weighted by Crippen LogP contribution is -2.25. The van der Waals surface area contributed by atoms with E-state index in [4.69, 9.17) is 4.74 Å². The number of benzene rings is 1. The lowest BCUT2D eigenvalue weighted by Gasteiger charge is -2.16. The molecule has 1 N–H and O–H groups in total. The maximum atomic E-state index is 12.2. The van der Waals surface area contributed by atoms with E-state index in [9.17, 15) is 15.2 Å². The minimum atomic E-state index is -1.30. The van der Waals surface area contributed by atoms with Crippen LogP contribution in [0, 0.1) is 23.2 Å². The van der Waals surface area contributed by atoms with Crippen LogP contribution in [0.3, 0.4) is 0 Å². The highest BCUT2D eigenvalue weighted by Gasteiger charge is 2.36. The lowest BCUT2D eigenvalue weighted by atomic mass is 10.0. The van der Waals surface area contributed by atoms with Crippen molar-refractivity contribution in [3.63, 3.8) is 0 Å². The summed E-state index contributed by atoms with van der Waals surface area (Å²) in [6.07, 6.45) is 4.33. The van der Waals surface area contributed by atoms with Crippen LogP contribution in [-0.4, -0.2) is 44.8 Å². The van der Waals surface area contributed by atoms with Gasteiger partial charge in [-0.25, -0.2) is 14.5 Å². The van der Waals surface area contributed by atoms with E-state index in [0.717, 1.165) is 12.0 Å². The largest absolute Gasteiger partial charge is 0.464 e. The van der Waals surface area contributed by atoms with Crippen LogP contribution in [-0.2, 0) is 4.74 Å². The number of rotatable bonds is 3. The van der Waals surface area contributed by atoms with Crippen LogP contribution in [0.2, 0.25) is 0 Å². The maximum Gasteiger partial charge on any atom is 0.359 e. The summed E-state index contributed by atoms with van der Waals surface area (Å²) in [4.78, 5) is 20.6. The van der Waals surface area contributed by atoms with Crippen LogP contribution in [0.25, 0.3) is 16.6 Å². The Morgan fingerprint density at radius 2 is 2.11 bits per heavy atom. The molecule has 1 aliphatic rings. The van der Waals surface area contributed by atoms with Crippen molar-refractivity contribution < 1.29 is 14.6 Å². The van der Waals surface area contributed by atoms with Gasteiger partial charge >= 0.3 is 5.97 Å². The fraction of sp³-hybridized carbons (Fsp3) is 0.296. The summed E-state index contributed by atoms with van der Waals surface area (Å²) in [5, 5.41) is 25.2. The first-order chi connectivity index (χ1) is 16.9. The van der Waals surface area contributed by atoms with E-state index in [1.165, 1.54) is 13.3 Å². The quantitative estimate of drug-likeness (QED) is 0.347. The summed E-state index contributed by atoms with van der Waals surface area (Å²) in [5.41, 5.74) is 2.47. The molecule has 1 unspecified atom stereocenters. The zero-order valence-corrected chi connectivity index (χ0v) is 20.5. The molecule has 4 rings (SSSR count). The zero-order chi connectivity index (χ0) is 25.6. The number of carbonyl (C=O) groups excluding carboxylic acids is 1. The number of ether oxygens (including phenoxy) is 1. The average Bonchev–Trinajstić information content (AvgIpc) is 3.41. The number of fused-ring (bicyclic) bond motifs is 1. The standard InChI is InChI=1S/C25H21N5O3.C2H6/c1-4-27-23-16(2)8-10-25(23,32)11-9-17-6-5-7-19(12-17)30-21-13-18(14-26)28-15-20(21)22(29-30)24(31)33-3;1-2/h4-7,12-13,15,32H,8,10H2,1-3H3;1-2H3. The molecule has 178 valence electrons. The minimum Gasteiger partial charge on any atom is -0.464 e. The van der Waals surface area contributed by atoms with Crippen LogP contribution < -0.4 is 0 Å². The maximum absolute atomic E-state index is 12.2. The molecule has 8 nitrogen and oxygen atoms in total. The number of hydrogen-bond donors (Lipinski definition) is 1. The molecule has 2 aromatic heterocycles. The third kappa shape index (κ3) is 4.98. The Morgan fingerprint density at radius 1 is 1.34 bits per heavy atom. The highest BCUT2D eigenvalue weighted by Crippen LogP contribution is 2.36. The number of pyridine rings is 1. The van der Waals surface area contributed by atoms with Gasteiger partial charge in [0.05, 0.1) is 29.4 Å². The predicted octanol–water partition coefficient (Wildman–Crippen LogP) is 4.35. The van der Waals surface area contributed by atoms with Gasteiger partial charge in [-0.1, -0.05) is 31.8 Å². The Labute approximate surface area is 204 Å². The van der Waals surface area contributed by atoms with Crippen molar-refractivity contribution in [2.75, 3.05) is 7.11 Å². The van der Waals surface area contributed by atoms with Gasteiger partial charge in [-0.05, 0) is 50.5 Å². The molecule has 8 heteroatoms. The summed E-state index contributed by atoms with van der Waals surface area (Å²) in [6.45, 7) is 7.76. The number of nitriles is 1. The van der Waals surface area contributed by atoms with Crippen molar-refractivity contribution >= 4 is 23.1 Å². The van der Waals surface area contributed by atoms with Crippen molar-refractivity contribution in [1.29, 1.82) is 5.26 Å². The number of nitrogens with zero attached hydrogens (tertiary/aromatic N) is 5. The smallest absolute Gasteiger partial charge is 0.359 e. The second-order valence-corrected chi connectivity index (χ2v) is 7.63. The topological polar surface area (TPSA) is 113 Å². The molecule has 0 amide bonds. The number of carbonyl (C=O) groups is 1. The van der Waals surface area contributed by atoms with E-state index in [1.54, 1.807) is 30.0 Å².